The fourth-order valence-corrected chi connectivity index (χ4v) is 3.29. The van der Waals surface area contributed by atoms with Crippen LogP contribution in [-0.4, -0.2) is 30.9 Å². The highest BCUT2D eigenvalue weighted by molar-refractivity contribution is 5.84. The van der Waals surface area contributed by atoms with Gasteiger partial charge in [-0.15, -0.1) is 0 Å². The molecule has 6 heteroatoms. The first-order chi connectivity index (χ1) is 12.1. The summed E-state index contributed by atoms with van der Waals surface area (Å²) >= 11 is 0. The van der Waals surface area contributed by atoms with Crippen LogP contribution in [0, 0.1) is 5.92 Å². The van der Waals surface area contributed by atoms with E-state index >= 15 is 0 Å². The average molecular weight is 342 g/mol. The molecule has 1 aromatic carbocycles. The van der Waals surface area contributed by atoms with E-state index in [0.717, 1.165) is 11.3 Å². The minimum atomic E-state index is -0.300. The van der Waals surface area contributed by atoms with Gasteiger partial charge in [-0.3, -0.25) is 9.59 Å². The molecule has 2 amide bonds. The summed E-state index contributed by atoms with van der Waals surface area (Å²) in [5.74, 6) is 1.13. The second-order valence-electron chi connectivity index (χ2n) is 6.16. The largest absolute Gasteiger partial charge is 0.497 e. The van der Waals surface area contributed by atoms with Crippen LogP contribution < -0.4 is 10.1 Å². The van der Waals surface area contributed by atoms with Gasteiger partial charge in [-0.05, 0) is 36.2 Å². The topological polar surface area (TPSA) is 71.8 Å². The van der Waals surface area contributed by atoms with E-state index in [9.17, 15) is 9.59 Å². The number of methoxy groups -OCH3 is 1. The smallest absolute Gasteiger partial charge is 0.225 e. The van der Waals surface area contributed by atoms with E-state index in [1.165, 1.54) is 0 Å². The number of ether oxygens (including phenoxy) is 1. The number of piperidine rings is 1. The van der Waals surface area contributed by atoms with E-state index < -0.39 is 0 Å². The maximum Gasteiger partial charge on any atom is 0.225 e. The van der Waals surface area contributed by atoms with Gasteiger partial charge in [0.2, 0.25) is 11.8 Å². The number of nitrogens with zero attached hydrogens (tertiary/aromatic N) is 1. The fraction of sp³-hybridized carbons (Fsp3) is 0.368. The summed E-state index contributed by atoms with van der Waals surface area (Å²) in [5.41, 5.74) is 0.925. The van der Waals surface area contributed by atoms with Crippen molar-refractivity contribution in [1.82, 2.24) is 10.2 Å². The summed E-state index contributed by atoms with van der Waals surface area (Å²) in [6.45, 7) is 0.343. The lowest BCUT2D eigenvalue weighted by Gasteiger charge is -2.38. The highest BCUT2D eigenvalue weighted by atomic mass is 16.5. The van der Waals surface area contributed by atoms with Crippen molar-refractivity contribution < 1.29 is 18.7 Å². The Balaban J connectivity index is 1.79. The first kappa shape index (κ1) is 17.1. The quantitative estimate of drug-likeness (QED) is 0.906. The van der Waals surface area contributed by atoms with Crippen LogP contribution in [0.15, 0.2) is 47.1 Å². The molecule has 3 rings (SSSR count). The van der Waals surface area contributed by atoms with Crippen LogP contribution in [0.2, 0.25) is 0 Å². The molecule has 1 N–H and O–H groups in total. The second-order valence-corrected chi connectivity index (χ2v) is 6.16. The summed E-state index contributed by atoms with van der Waals surface area (Å²) in [5, 5.41) is 2.92. The number of hydrogen-bond donors (Lipinski definition) is 1. The van der Waals surface area contributed by atoms with E-state index in [-0.39, 0.29) is 23.8 Å². The molecule has 6 nitrogen and oxygen atoms in total. The molecule has 2 heterocycles. The maximum absolute atomic E-state index is 12.7. The predicted octanol–water partition coefficient (Wildman–Crippen LogP) is 2.51. The lowest BCUT2D eigenvalue weighted by Crippen LogP contribution is -2.46. The van der Waals surface area contributed by atoms with Crippen LogP contribution in [0.3, 0.4) is 0 Å². The second kappa shape index (κ2) is 7.42. The van der Waals surface area contributed by atoms with Crippen LogP contribution in [0.1, 0.15) is 30.2 Å². The van der Waals surface area contributed by atoms with Gasteiger partial charge in [0, 0.05) is 13.5 Å². The number of furan rings is 1. The Hall–Kier alpha value is -2.76. The molecule has 2 aromatic rings. The Morgan fingerprint density at radius 1 is 1.32 bits per heavy atom. The maximum atomic E-state index is 12.7. The molecule has 0 spiro atoms. The molecule has 25 heavy (non-hydrogen) atoms. The number of hydrogen-bond acceptors (Lipinski definition) is 4. The lowest BCUT2D eigenvalue weighted by atomic mass is 9.84. The number of carbonyl (C=O) groups excluding carboxylic acids is 2. The highest BCUT2D eigenvalue weighted by Gasteiger charge is 2.38. The third-order valence-electron chi connectivity index (χ3n) is 4.67. The van der Waals surface area contributed by atoms with Crippen LogP contribution in [0.5, 0.6) is 5.75 Å². The van der Waals surface area contributed by atoms with Gasteiger partial charge in [0.1, 0.15) is 11.5 Å². The molecule has 0 bridgehead atoms. The first-order valence-electron chi connectivity index (χ1n) is 8.30. The highest BCUT2D eigenvalue weighted by Crippen LogP contribution is 2.36. The first-order valence-corrected chi connectivity index (χ1v) is 8.30. The van der Waals surface area contributed by atoms with Gasteiger partial charge in [-0.25, -0.2) is 0 Å². The molecule has 1 saturated heterocycles. The van der Waals surface area contributed by atoms with Gasteiger partial charge in [0.05, 0.1) is 31.9 Å². The number of nitrogens with one attached hydrogen (secondary N) is 1. The van der Waals surface area contributed by atoms with Crippen molar-refractivity contribution in [3.05, 3.63) is 54.0 Å². The zero-order valence-corrected chi connectivity index (χ0v) is 14.4. The summed E-state index contributed by atoms with van der Waals surface area (Å²) in [6.07, 6.45) is 2.49. The van der Waals surface area contributed by atoms with Gasteiger partial charge in [-0.1, -0.05) is 12.1 Å². The summed E-state index contributed by atoms with van der Waals surface area (Å²) in [7, 11) is 3.36. The average Bonchev–Trinajstić information content (AvgIpc) is 3.15. The van der Waals surface area contributed by atoms with Gasteiger partial charge in [0.15, 0.2) is 0 Å². The third-order valence-corrected chi connectivity index (χ3v) is 4.67. The number of rotatable bonds is 5. The van der Waals surface area contributed by atoms with Crippen molar-refractivity contribution in [2.75, 3.05) is 14.2 Å². The number of likely N-dealkylation sites (tertiary alicyclic amines) is 1. The molecular weight excluding hydrogens is 320 g/mol. The lowest BCUT2D eigenvalue weighted by molar-refractivity contribution is -0.141. The van der Waals surface area contributed by atoms with E-state index in [0.29, 0.717) is 25.1 Å². The minimum Gasteiger partial charge on any atom is -0.497 e. The van der Waals surface area contributed by atoms with Gasteiger partial charge >= 0.3 is 0 Å². The molecule has 0 radical (unpaired) electrons. The fourth-order valence-electron chi connectivity index (χ4n) is 3.29. The van der Waals surface area contributed by atoms with Crippen LogP contribution in [0.4, 0.5) is 0 Å². The van der Waals surface area contributed by atoms with Gasteiger partial charge < -0.3 is 19.4 Å². The summed E-state index contributed by atoms with van der Waals surface area (Å²) in [6, 6.07) is 10.8. The SMILES string of the molecule is COc1ccc([C@@H]2[C@H](C(=O)NCc3ccco3)CCC(=O)N2C)cc1. The van der Waals surface area contributed by atoms with Crippen molar-refractivity contribution in [2.45, 2.75) is 25.4 Å². The Kier molecular flexibility index (Phi) is 5.07. The van der Waals surface area contributed by atoms with Gasteiger partial charge in [-0.2, -0.15) is 0 Å². The minimum absolute atomic E-state index is 0.0518. The number of benzene rings is 1. The normalized spacial score (nSPS) is 20.4. The van der Waals surface area contributed by atoms with Crippen LogP contribution in [0.25, 0.3) is 0 Å². The number of amides is 2. The van der Waals surface area contributed by atoms with Crippen molar-refractivity contribution in [2.24, 2.45) is 5.92 Å². The summed E-state index contributed by atoms with van der Waals surface area (Å²) in [4.78, 5) is 26.6. The van der Waals surface area contributed by atoms with E-state index in [2.05, 4.69) is 5.32 Å². The monoisotopic (exact) mass is 342 g/mol. The molecule has 1 aliphatic heterocycles. The molecular formula is C19H22N2O4. The molecule has 1 aliphatic rings. The standard InChI is InChI=1S/C19H22N2O4/c1-21-17(22)10-9-16(19(23)20-12-15-4-3-11-25-15)18(21)13-5-7-14(24-2)8-6-13/h3-8,11,16,18H,9-10,12H2,1-2H3,(H,20,23)/t16-,18-/m1/s1. The molecule has 2 atom stereocenters. The predicted molar refractivity (Wildman–Crippen MR) is 91.8 cm³/mol. The van der Waals surface area contributed by atoms with Crippen molar-refractivity contribution in [3.8, 4) is 5.75 Å². The van der Waals surface area contributed by atoms with Crippen molar-refractivity contribution in [1.29, 1.82) is 0 Å². The van der Waals surface area contributed by atoms with Crippen LogP contribution >= 0.6 is 0 Å². The number of carbonyl (C=O) groups is 2. The van der Waals surface area contributed by atoms with Crippen molar-refractivity contribution in [3.63, 3.8) is 0 Å². The Bertz CT molecular complexity index is 724. The van der Waals surface area contributed by atoms with Crippen LogP contribution in [-0.2, 0) is 16.1 Å². The summed E-state index contributed by atoms with van der Waals surface area (Å²) < 4.78 is 10.4. The molecule has 0 aliphatic carbocycles. The van der Waals surface area contributed by atoms with E-state index in [4.69, 9.17) is 9.15 Å². The third kappa shape index (κ3) is 3.68. The van der Waals surface area contributed by atoms with E-state index in [1.54, 1.807) is 31.4 Å². The zero-order chi connectivity index (χ0) is 17.8. The van der Waals surface area contributed by atoms with Crippen molar-refractivity contribution >= 4 is 11.8 Å². The molecule has 1 fully saturated rings. The zero-order valence-electron chi connectivity index (χ0n) is 14.4. The molecule has 1 aromatic heterocycles. The van der Waals surface area contributed by atoms with E-state index in [1.807, 2.05) is 30.3 Å². The Morgan fingerprint density at radius 2 is 2.08 bits per heavy atom. The van der Waals surface area contributed by atoms with Gasteiger partial charge in [0.25, 0.3) is 0 Å². The Morgan fingerprint density at radius 3 is 2.72 bits per heavy atom. The molecule has 0 unspecified atom stereocenters. The Labute approximate surface area is 146 Å². The molecule has 132 valence electrons. The molecule has 0 saturated carbocycles.